The van der Waals surface area contributed by atoms with E-state index >= 15 is 0 Å². The van der Waals surface area contributed by atoms with E-state index in [1.807, 2.05) is 12.1 Å². The van der Waals surface area contributed by atoms with Gasteiger partial charge in [0.1, 0.15) is 0 Å². The molecule has 2 aromatic heterocycles. The average Bonchev–Trinajstić information content (AvgIpc) is 2.88. The van der Waals surface area contributed by atoms with Crippen LogP contribution in [0.4, 0.5) is 0 Å². The number of likely N-dealkylation sites (N-methyl/N-ethyl adjacent to an activating group) is 1. The van der Waals surface area contributed by atoms with Crippen molar-refractivity contribution < 1.29 is 4.52 Å². The molecule has 0 bridgehead atoms. The van der Waals surface area contributed by atoms with Crippen molar-refractivity contribution in [2.75, 3.05) is 6.54 Å². The molecule has 0 spiro atoms. The molecule has 2 aromatic rings. The number of nitrogens with one attached hydrogen (secondary N) is 1. The van der Waals surface area contributed by atoms with Crippen LogP contribution in [0.15, 0.2) is 29.0 Å². The van der Waals surface area contributed by atoms with E-state index in [2.05, 4.69) is 34.3 Å². The van der Waals surface area contributed by atoms with Gasteiger partial charge < -0.3 is 9.84 Å². The molecular weight excluding hydrogens is 228 g/mol. The molecule has 1 atom stereocenters. The van der Waals surface area contributed by atoms with Gasteiger partial charge in [0.15, 0.2) is 0 Å². The summed E-state index contributed by atoms with van der Waals surface area (Å²) in [6, 6.07) is 4.17. The Kier molecular flexibility index (Phi) is 4.41. The first-order chi connectivity index (χ1) is 8.83. The minimum atomic E-state index is 0.386. The Morgan fingerprint density at radius 1 is 1.39 bits per heavy atom. The molecule has 0 radical (unpaired) electrons. The standard InChI is InChI=1S/C13H18N4O/c1-3-11(15-4-2)8-12-16-13(17-18-12)10-6-5-7-14-9-10/h5-7,9,11,15H,3-4,8H2,1-2H3. The smallest absolute Gasteiger partial charge is 0.228 e. The van der Waals surface area contributed by atoms with Crippen LogP contribution in [0.25, 0.3) is 11.4 Å². The quantitative estimate of drug-likeness (QED) is 0.845. The maximum Gasteiger partial charge on any atom is 0.228 e. The topological polar surface area (TPSA) is 63.8 Å². The van der Waals surface area contributed by atoms with E-state index in [-0.39, 0.29) is 0 Å². The summed E-state index contributed by atoms with van der Waals surface area (Å²) in [7, 11) is 0. The van der Waals surface area contributed by atoms with Gasteiger partial charge in [0.05, 0.1) is 0 Å². The molecule has 2 heterocycles. The van der Waals surface area contributed by atoms with E-state index in [1.54, 1.807) is 12.4 Å². The van der Waals surface area contributed by atoms with Crippen molar-refractivity contribution >= 4 is 0 Å². The van der Waals surface area contributed by atoms with E-state index in [9.17, 15) is 0 Å². The third kappa shape index (κ3) is 3.13. The summed E-state index contributed by atoms with van der Waals surface area (Å²) in [5.74, 6) is 1.27. The Bertz CT molecular complexity index is 469. The Morgan fingerprint density at radius 3 is 2.94 bits per heavy atom. The third-order valence-corrected chi connectivity index (χ3v) is 2.79. The number of nitrogens with zero attached hydrogens (tertiary/aromatic N) is 3. The van der Waals surface area contributed by atoms with Gasteiger partial charge in [-0.2, -0.15) is 4.98 Å². The molecule has 5 nitrogen and oxygen atoms in total. The van der Waals surface area contributed by atoms with Gasteiger partial charge in [0, 0.05) is 30.4 Å². The molecule has 5 heteroatoms. The lowest BCUT2D eigenvalue weighted by atomic mass is 10.1. The first-order valence-electron chi connectivity index (χ1n) is 6.29. The van der Waals surface area contributed by atoms with E-state index < -0.39 is 0 Å². The predicted molar refractivity (Wildman–Crippen MR) is 69.0 cm³/mol. The number of aromatic nitrogens is 3. The van der Waals surface area contributed by atoms with Gasteiger partial charge in [-0.05, 0) is 25.1 Å². The van der Waals surface area contributed by atoms with Crippen LogP contribution in [-0.4, -0.2) is 27.7 Å². The number of pyridine rings is 1. The molecule has 1 unspecified atom stereocenters. The SMILES string of the molecule is CCNC(CC)Cc1nc(-c2cccnc2)no1. The summed E-state index contributed by atoms with van der Waals surface area (Å²) in [6.07, 6.45) is 5.26. The summed E-state index contributed by atoms with van der Waals surface area (Å²) in [4.78, 5) is 8.44. The third-order valence-electron chi connectivity index (χ3n) is 2.79. The molecule has 96 valence electrons. The molecule has 1 N–H and O–H groups in total. The minimum absolute atomic E-state index is 0.386. The molecule has 18 heavy (non-hydrogen) atoms. The molecule has 2 rings (SSSR count). The summed E-state index contributed by atoms with van der Waals surface area (Å²) in [6.45, 7) is 5.19. The molecule has 0 aliphatic rings. The van der Waals surface area contributed by atoms with Crippen LogP contribution >= 0.6 is 0 Å². The first-order valence-corrected chi connectivity index (χ1v) is 6.29. The molecule has 0 saturated carbocycles. The van der Waals surface area contributed by atoms with Crippen LogP contribution in [0.3, 0.4) is 0 Å². The van der Waals surface area contributed by atoms with Crippen molar-refractivity contribution in [1.82, 2.24) is 20.4 Å². The van der Waals surface area contributed by atoms with E-state index in [0.29, 0.717) is 17.8 Å². The van der Waals surface area contributed by atoms with Crippen LogP contribution < -0.4 is 5.32 Å². The Hall–Kier alpha value is -1.75. The molecule has 0 aliphatic carbocycles. The van der Waals surface area contributed by atoms with E-state index in [0.717, 1.165) is 24.9 Å². The zero-order valence-electron chi connectivity index (χ0n) is 10.8. The maximum atomic E-state index is 5.27. The van der Waals surface area contributed by atoms with E-state index in [4.69, 9.17) is 4.52 Å². The number of hydrogen-bond acceptors (Lipinski definition) is 5. The monoisotopic (exact) mass is 246 g/mol. The highest BCUT2D eigenvalue weighted by Crippen LogP contribution is 2.14. The van der Waals surface area contributed by atoms with Gasteiger partial charge in [-0.1, -0.05) is 19.0 Å². The minimum Gasteiger partial charge on any atom is -0.339 e. The van der Waals surface area contributed by atoms with Crippen molar-refractivity contribution in [3.05, 3.63) is 30.4 Å². The highest BCUT2D eigenvalue weighted by Gasteiger charge is 2.13. The second kappa shape index (κ2) is 6.26. The normalized spacial score (nSPS) is 12.6. The molecule has 0 saturated heterocycles. The zero-order valence-corrected chi connectivity index (χ0v) is 10.8. The second-order valence-corrected chi connectivity index (χ2v) is 4.12. The lowest BCUT2D eigenvalue weighted by molar-refractivity contribution is 0.355. The van der Waals surface area contributed by atoms with Gasteiger partial charge in [0.25, 0.3) is 0 Å². The van der Waals surface area contributed by atoms with Gasteiger partial charge >= 0.3 is 0 Å². The molecular formula is C13H18N4O. The Labute approximate surface area is 107 Å². The largest absolute Gasteiger partial charge is 0.339 e. The lowest BCUT2D eigenvalue weighted by Gasteiger charge is -2.12. The predicted octanol–water partition coefficient (Wildman–Crippen LogP) is 2.06. The Balaban J connectivity index is 2.06. The molecule has 0 aliphatic heterocycles. The van der Waals surface area contributed by atoms with Crippen LogP contribution in [0.2, 0.25) is 0 Å². The fourth-order valence-corrected chi connectivity index (χ4v) is 1.81. The van der Waals surface area contributed by atoms with Crippen LogP contribution in [-0.2, 0) is 6.42 Å². The summed E-state index contributed by atoms with van der Waals surface area (Å²) < 4.78 is 5.27. The molecule has 0 amide bonds. The van der Waals surface area contributed by atoms with Crippen molar-refractivity contribution in [2.45, 2.75) is 32.7 Å². The fourth-order valence-electron chi connectivity index (χ4n) is 1.81. The summed E-state index contributed by atoms with van der Waals surface area (Å²) >= 11 is 0. The van der Waals surface area contributed by atoms with Crippen LogP contribution in [0.1, 0.15) is 26.2 Å². The average molecular weight is 246 g/mol. The summed E-state index contributed by atoms with van der Waals surface area (Å²) in [5.41, 5.74) is 0.879. The number of hydrogen-bond donors (Lipinski definition) is 1. The Morgan fingerprint density at radius 2 is 2.28 bits per heavy atom. The van der Waals surface area contributed by atoms with Crippen molar-refractivity contribution in [2.24, 2.45) is 0 Å². The highest BCUT2D eigenvalue weighted by molar-refractivity contribution is 5.51. The van der Waals surface area contributed by atoms with Crippen LogP contribution in [0.5, 0.6) is 0 Å². The molecule has 0 aromatic carbocycles. The van der Waals surface area contributed by atoms with Gasteiger partial charge in [-0.25, -0.2) is 0 Å². The second-order valence-electron chi connectivity index (χ2n) is 4.12. The highest BCUT2D eigenvalue weighted by atomic mass is 16.5. The van der Waals surface area contributed by atoms with E-state index in [1.165, 1.54) is 0 Å². The van der Waals surface area contributed by atoms with Gasteiger partial charge in [-0.3, -0.25) is 4.98 Å². The maximum absolute atomic E-state index is 5.27. The van der Waals surface area contributed by atoms with Crippen molar-refractivity contribution in [3.63, 3.8) is 0 Å². The lowest BCUT2D eigenvalue weighted by Crippen LogP contribution is -2.30. The number of rotatable bonds is 6. The van der Waals surface area contributed by atoms with Gasteiger partial charge in [0.2, 0.25) is 11.7 Å². The fraction of sp³-hybridized carbons (Fsp3) is 0.462. The van der Waals surface area contributed by atoms with Gasteiger partial charge in [-0.15, -0.1) is 0 Å². The van der Waals surface area contributed by atoms with Crippen molar-refractivity contribution in [3.8, 4) is 11.4 Å². The first kappa shape index (κ1) is 12.7. The van der Waals surface area contributed by atoms with Crippen LogP contribution in [0, 0.1) is 0 Å². The molecule has 0 fully saturated rings. The van der Waals surface area contributed by atoms with Crippen molar-refractivity contribution in [1.29, 1.82) is 0 Å². The zero-order chi connectivity index (χ0) is 12.8. The summed E-state index contributed by atoms with van der Waals surface area (Å²) in [5, 5.41) is 7.37.